The van der Waals surface area contributed by atoms with Crippen LogP contribution in [0.2, 0.25) is 0 Å². The van der Waals surface area contributed by atoms with Crippen LogP contribution in [0.25, 0.3) is 0 Å². The topological polar surface area (TPSA) is 57.7 Å². The summed E-state index contributed by atoms with van der Waals surface area (Å²) in [6.45, 7) is 12.2. The molecule has 0 radical (unpaired) electrons. The lowest BCUT2D eigenvalue weighted by atomic mass is 10.0. The summed E-state index contributed by atoms with van der Waals surface area (Å²) in [6, 6.07) is -0.942. The monoisotopic (exact) mass is 316 g/mol. The van der Waals surface area contributed by atoms with Gasteiger partial charge in [-0.15, -0.1) is 0 Å². The van der Waals surface area contributed by atoms with Gasteiger partial charge in [-0.25, -0.2) is 0 Å². The molecule has 23 heavy (non-hydrogen) atoms. The summed E-state index contributed by atoms with van der Waals surface area (Å²) in [5, 5.41) is 0. The molecule has 1 fully saturated rings. The molecule has 2 heterocycles. The van der Waals surface area contributed by atoms with E-state index in [2.05, 4.69) is 13.2 Å². The first-order valence-corrected chi connectivity index (χ1v) is 8.01. The highest BCUT2D eigenvalue weighted by molar-refractivity contribution is 6.03. The third kappa shape index (κ3) is 3.00. The predicted octanol–water partition coefficient (Wildman–Crippen LogP) is 1.71. The van der Waals surface area contributed by atoms with Crippen molar-refractivity contribution in [3.05, 3.63) is 36.5 Å². The molecule has 2 rings (SSSR count). The summed E-state index contributed by atoms with van der Waals surface area (Å²) in [5.74, 6) is -0.380. The number of nitrogens with zero attached hydrogens (tertiary/aromatic N) is 2. The van der Waals surface area contributed by atoms with Crippen molar-refractivity contribution >= 4 is 18.1 Å². The van der Waals surface area contributed by atoms with Crippen LogP contribution < -0.4 is 0 Å². The third-order valence-electron chi connectivity index (χ3n) is 4.59. The Balaban J connectivity index is 2.28. The molecule has 2 atom stereocenters. The summed E-state index contributed by atoms with van der Waals surface area (Å²) >= 11 is 0. The van der Waals surface area contributed by atoms with Crippen LogP contribution in [0.1, 0.15) is 26.7 Å². The van der Waals surface area contributed by atoms with Crippen molar-refractivity contribution < 1.29 is 14.4 Å². The van der Waals surface area contributed by atoms with Crippen LogP contribution in [0.15, 0.2) is 36.5 Å². The zero-order valence-corrected chi connectivity index (χ0v) is 13.8. The average Bonchev–Trinajstić information content (AvgIpc) is 3.11. The number of aldehydes is 1. The van der Waals surface area contributed by atoms with Crippen molar-refractivity contribution in [2.75, 3.05) is 13.1 Å². The number of hydrogen-bond acceptors (Lipinski definition) is 3. The average molecular weight is 316 g/mol. The van der Waals surface area contributed by atoms with Crippen molar-refractivity contribution in [1.29, 1.82) is 0 Å². The van der Waals surface area contributed by atoms with Crippen LogP contribution in [-0.2, 0) is 14.4 Å². The Hall–Kier alpha value is -2.17. The Morgan fingerprint density at radius 2 is 2.00 bits per heavy atom. The summed E-state index contributed by atoms with van der Waals surface area (Å²) in [7, 11) is 0. The van der Waals surface area contributed by atoms with Crippen molar-refractivity contribution in [3.63, 3.8) is 0 Å². The van der Waals surface area contributed by atoms with Crippen molar-refractivity contribution in [2.24, 2.45) is 5.92 Å². The van der Waals surface area contributed by atoms with Gasteiger partial charge in [0.25, 0.3) is 5.91 Å². The fourth-order valence-electron chi connectivity index (χ4n) is 3.41. The summed E-state index contributed by atoms with van der Waals surface area (Å²) in [5.41, 5.74) is 1.30. The van der Waals surface area contributed by atoms with Gasteiger partial charge in [-0.2, -0.15) is 0 Å². The number of rotatable bonds is 6. The van der Waals surface area contributed by atoms with E-state index in [-0.39, 0.29) is 23.8 Å². The second kappa shape index (κ2) is 6.94. The van der Waals surface area contributed by atoms with Gasteiger partial charge >= 0.3 is 0 Å². The van der Waals surface area contributed by atoms with Crippen LogP contribution >= 0.6 is 0 Å². The number of carbonyl (C=O) groups excluding carboxylic acids is 3. The van der Waals surface area contributed by atoms with Crippen LogP contribution in [0.3, 0.4) is 0 Å². The second-order valence-corrected chi connectivity index (χ2v) is 6.35. The SMILES string of the molecule is C=CC1=C(C=C)C(=O)N(C(C(=O)N2CCCC2C=O)C(C)C)C1. The van der Waals surface area contributed by atoms with E-state index in [0.29, 0.717) is 25.1 Å². The molecule has 0 aromatic heterocycles. The zero-order chi connectivity index (χ0) is 17.1. The van der Waals surface area contributed by atoms with Crippen LogP contribution in [0.5, 0.6) is 0 Å². The van der Waals surface area contributed by atoms with E-state index in [1.807, 2.05) is 13.8 Å². The van der Waals surface area contributed by atoms with Gasteiger partial charge in [0, 0.05) is 18.7 Å². The Bertz CT molecular complexity index is 577. The molecule has 0 bridgehead atoms. The van der Waals surface area contributed by atoms with E-state index in [1.54, 1.807) is 15.9 Å². The van der Waals surface area contributed by atoms with Gasteiger partial charge in [0.1, 0.15) is 12.3 Å². The maximum atomic E-state index is 13.0. The van der Waals surface area contributed by atoms with E-state index in [4.69, 9.17) is 0 Å². The standard InChI is InChI=1S/C18H24N2O3/c1-5-13-10-20(17(22)15(13)6-2)16(12(3)4)18(23)19-9-7-8-14(19)11-21/h5-6,11-12,14,16H,1-2,7-10H2,3-4H3. The Kier molecular flexibility index (Phi) is 5.19. The molecule has 0 saturated carbocycles. The molecule has 0 aromatic carbocycles. The van der Waals surface area contributed by atoms with Gasteiger partial charge in [-0.3, -0.25) is 9.59 Å². The first-order chi connectivity index (χ1) is 11.0. The zero-order valence-electron chi connectivity index (χ0n) is 13.8. The minimum atomic E-state index is -0.574. The van der Waals surface area contributed by atoms with Gasteiger partial charge in [0.2, 0.25) is 5.91 Å². The van der Waals surface area contributed by atoms with E-state index < -0.39 is 6.04 Å². The fourth-order valence-corrected chi connectivity index (χ4v) is 3.41. The third-order valence-corrected chi connectivity index (χ3v) is 4.59. The second-order valence-electron chi connectivity index (χ2n) is 6.35. The molecule has 0 aromatic rings. The number of likely N-dealkylation sites (tertiary alicyclic amines) is 1. The van der Waals surface area contributed by atoms with Gasteiger partial charge in [0.15, 0.2) is 0 Å². The lowest BCUT2D eigenvalue weighted by Gasteiger charge is -2.34. The molecular formula is C18H24N2O3. The Labute approximate surface area is 137 Å². The highest BCUT2D eigenvalue weighted by atomic mass is 16.2. The van der Waals surface area contributed by atoms with Crippen molar-refractivity contribution in [3.8, 4) is 0 Å². The molecule has 1 saturated heterocycles. The fraction of sp³-hybridized carbons (Fsp3) is 0.500. The van der Waals surface area contributed by atoms with Gasteiger partial charge in [-0.05, 0) is 24.3 Å². The van der Waals surface area contributed by atoms with E-state index >= 15 is 0 Å². The molecule has 5 nitrogen and oxygen atoms in total. The smallest absolute Gasteiger partial charge is 0.255 e. The van der Waals surface area contributed by atoms with Gasteiger partial charge < -0.3 is 14.6 Å². The lowest BCUT2D eigenvalue weighted by molar-refractivity contribution is -0.146. The van der Waals surface area contributed by atoms with Crippen LogP contribution in [0.4, 0.5) is 0 Å². The molecular weight excluding hydrogens is 292 g/mol. The number of amides is 2. The maximum absolute atomic E-state index is 13.0. The molecule has 2 amide bonds. The van der Waals surface area contributed by atoms with E-state index in [9.17, 15) is 14.4 Å². The molecule has 0 N–H and O–H groups in total. The Morgan fingerprint density at radius 1 is 1.30 bits per heavy atom. The summed E-state index contributed by atoms with van der Waals surface area (Å²) in [4.78, 5) is 40.0. The summed E-state index contributed by atoms with van der Waals surface area (Å²) in [6.07, 6.45) is 5.51. The normalized spacial score (nSPS) is 22.7. The minimum Gasteiger partial charge on any atom is -0.331 e. The molecule has 2 aliphatic heterocycles. The Morgan fingerprint density at radius 3 is 2.48 bits per heavy atom. The quantitative estimate of drug-likeness (QED) is 0.701. The van der Waals surface area contributed by atoms with E-state index in [1.165, 1.54) is 6.08 Å². The number of carbonyl (C=O) groups is 3. The highest BCUT2D eigenvalue weighted by Gasteiger charge is 2.42. The lowest BCUT2D eigenvalue weighted by Crippen LogP contribution is -2.53. The molecule has 5 heteroatoms. The molecule has 124 valence electrons. The predicted molar refractivity (Wildman–Crippen MR) is 88.6 cm³/mol. The van der Waals surface area contributed by atoms with Gasteiger partial charge in [0.05, 0.1) is 6.04 Å². The van der Waals surface area contributed by atoms with E-state index in [0.717, 1.165) is 18.3 Å². The maximum Gasteiger partial charge on any atom is 0.255 e. The van der Waals surface area contributed by atoms with Crippen LogP contribution in [0, 0.1) is 5.92 Å². The van der Waals surface area contributed by atoms with Crippen LogP contribution in [-0.4, -0.2) is 53.1 Å². The largest absolute Gasteiger partial charge is 0.331 e. The van der Waals surface area contributed by atoms with Crippen molar-refractivity contribution in [2.45, 2.75) is 38.8 Å². The van der Waals surface area contributed by atoms with Gasteiger partial charge in [-0.1, -0.05) is 39.2 Å². The molecule has 2 unspecified atom stereocenters. The van der Waals surface area contributed by atoms with Crippen molar-refractivity contribution in [1.82, 2.24) is 9.80 Å². The molecule has 2 aliphatic rings. The first kappa shape index (κ1) is 17.2. The molecule has 0 aliphatic carbocycles. The molecule has 0 spiro atoms. The highest BCUT2D eigenvalue weighted by Crippen LogP contribution is 2.28. The first-order valence-electron chi connectivity index (χ1n) is 8.01. The number of hydrogen-bond donors (Lipinski definition) is 0. The minimum absolute atomic E-state index is 0.0467. The summed E-state index contributed by atoms with van der Waals surface area (Å²) < 4.78 is 0.